The Morgan fingerprint density at radius 3 is 2.33 bits per heavy atom. The van der Waals surface area contributed by atoms with Crippen LogP contribution in [0.25, 0.3) is 0 Å². The number of alkyl carbamates (subject to hydrolysis) is 1. The number of hydrogen-bond donors (Lipinski definition) is 2. The number of Topliss-reactive ketones (excluding diaryl/α,β-unsaturated/α-hetero) is 1. The quantitative estimate of drug-likeness (QED) is 0.270. The number of nitrogens with one attached hydrogen (secondary N) is 1. The SMILES string of the molecule is CO/C=C(/C(=O)CO)C(=O)NC(=O)OC. The summed E-state index contributed by atoms with van der Waals surface area (Å²) in [5.41, 5.74) is -0.467. The normalized spacial score (nSPS) is 10.5. The average molecular weight is 217 g/mol. The van der Waals surface area contributed by atoms with Crippen LogP contribution in [0.1, 0.15) is 0 Å². The van der Waals surface area contributed by atoms with Gasteiger partial charge in [0.2, 0.25) is 0 Å². The number of ether oxygens (including phenoxy) is 2. The third-order valence-electron chi connectivity index (χ3n) is 1.33. The Bertz CT molecular complexity index is 296. The van der Waals surface area contributed by atoms with Gasteiger partial charge in [0, 0.05) is 0 Å². The Balaban J connectivity index is 4.65. The number of aliphatic hydroxyl groups is 1. The molecule has 0 heterocycles. The minimum absolute atomic E-state index is 0.467. The topological polar surface area (TPSA) is 102 Å². The molecule has 0 unspecified atom stereocenters. The van der Waals surface area contributed by atoms with Crippen LogP contribution in [0, 0.1) is 0 Å². The molecule has 0 saturated carbocycles. The molecule has 0 fully saturated rings. The predicted molar refractivity (Wildman–Crippen MR) is 47.7 cm³/mol. The highest BCUT2D eigenvalue weighted by Crippen LogP contribution is 1.97. The molecule has 0 bridgehead atoms. The zero-order valence-corrected chi connectivity index (χ0v) is 8.27. The number of hydrogen-bond acceptors (Lipinski definition) is 6. The average Bonchev–Trinajstić information content (AvgIpc) is 2.24. The molecule has 0 saturated heterocycles. The van der Waals surface area contributed by atoms with Gasteiger partial charge in [0.05, 0.1) is 20.5 Å². The summed E-state index contributed by atoms with van der Waals surface area (Å²) in [7, 11) is 2.28. The lowest BCUT2D eigenvalue weighted by Crippen LogP contribution is -2.34. The summed E-state index contributed by atoms with van der Waals surface area (Å²) in [6.45, 7) is -0.857. The molecule has 0 aliphatic rings. The second-order valence-corrected chi connectivity index (χ2v) is 2.29. The molecule has 0 rings (SSSR count). The van der Waals surface area contributed by atoms with Gasteiger partial charge in [-0.15, -0.1) is 0 Å². The van der Waals surface area contributed by atoms with Crippen molar-refractivity contribution < 1.29 is 29.0 Å². The minimum atomic E-state index is -1.01. The molecule has 0 atom stereocenters. The Labute approximate surface area is 85.7 Å². The van der Waals surface area contributed by atoms with Crippen molar-refractivity contribution in [1.29, 1.82) is 0 Å². The van der Waals surface area contributed by atoms with Crippen LogP contribution in [-0.4, -0.2) is 43.7 Å². The van der Waals surface area contributed by atoms with Gasteiger partial charge in [0.25, 0.3) is 5.91 Å². The first-order chi connectivity index (χ1) is 7.06. The fraction of sp³-hybridized carbons (Fsp3) is 0.375. The van der Waals surface area contributed by atoms with E-state index in [4.69, 9.17) is 5.11 Å². The molecule has 0 spiro atoms. The first-order valence-electron chi connectivity index (χ1n) is 3.83. The molecule has 0 aromatic heterocycles. The molecule has 15 heavy (non-hydrogen) atoms. The molecule has 2 N–H and O–H groups in total. The molecule has 0 aromatic rings. The maximum atomic E-state index is 11.2. The molecular weight excluding hydrogens is 206 g/mol. The lowest BCUT2D eigenvalue weighted by molar-refractivity contribution is -0.123. The number of ketones is 1. The van der Waals surface area contributed by atoms with Gasteiger partial charge in [-0.2, -0.15) is 0 Å². The van der Waals surface area contributed by atoms with Gasteiger partial charge in [-0.1, -0.05) is 0 Å². The van der Waals surface area contributed by atoms with Gasteiger partial charge in [0.15, 0.2) is 5.78 Å². The summed E-state index contributed by atoms with van der Waals surface area (Å²) in [4.78, 5) is 32.9. The number of amides is 2. The Kier molecular flexibility index (Phi) is 5.72. The standard InChI is InChI=1S/C8H11NO6/c1-14-4-5(6(11)3-10)7(12)9-8(13)15-2/h4,10H,3H2,1-2H3,(H,9,12,13)/b5-4-. The fourth-order valence-corrected chi connectivity index (χ4v) is 0.660. The van der Waals surface area contributed by atoms with E-state index in [0.29, 0.717) is 0 Å². The molecule has 7 heteroatoms. The van der Waals surface area contributed by atoms with Crippen molar-refractivity contribution in [3.63, 3.8) is 0 Å². The Morgan fingerprint density at radius 1 is 1.33 bits per heavy atom. The van der Waals surface area contributed by atoms with Crippen LogP contribution >= 0.6 is 0 Å². The van der Waals surface area contributed by atoms with Gasteiger partial charge in [-0.3, -0.25) is 14.9 Å². The van der Waals surface area contributed by atoms with E-state index in [1.54, 1.807) is 5.32 Å². The molecule has 0 radical (unpaired) electrons. The Hall–Kier alpha value is -1.89. The summed E-state index contributed by atoms with van der Waals surface area (Å²) in [6, 6.07) is 0. The number of methoxy groups -OCH3 is 2. The van der Waals surface area contributed by atoms with Gasteiger partial charge < -0.3 is 14.6 Å². The number of carbonyl (C=O) groups excluding carboxylic acids is 3. The third kappa shape index (κ3) is 4.23. The maximum absolute atomic E-state index is 11.2. The van der Waals surface area contributed by atoms with Gasteiger partial charge in [-0.25, -0.2) is 4.79 Å². The lowest BCUT2D eigenvalue weighted by atomic mass is 10.2. The van der Waals surface area contributed by atoms with Crippen LogP contribution in [0.2, 0.25) is 0 Å². The largest absolute Gasteiger partial charge is 0.503 e. The van der Waals surface area contributed by atoms with E-state index in [-0.39, 0.29) is 0 Å². The number of imide groups is 1. The molecule has 7 nitrogen and oxygen atoms in total. The first kappa shape index (κ1) is 13.1. The first-order valence-corrected chi connectivity index (χ1v) is 3.83. The summed E-state index contributed by atoms with van der Waals surface area (Å²) >= 11 is 0. The predicted octanol–water partition coefficient (Wildman–Crippen LogP) is -1.04. The molecule has 2 amide bonds. The number of carbonyl (C=O) groups is 3. The van der Waals surface area contributed by atoms with E-state index >= 15 is 0 Å². The van der Waals surface area contributed by atoms with Gasteiger partial charge in [0.1, 0.15) is 12.2 Å². The van der Waals surface area contributed by atoms with E-state index in [9.17, 15) is 14.4 Å². The molecule has 0 aliphatic heterocycles. The van der Waals surface area contributed by atoms with Crippen LogP contribution in [0.3, 0.4) is 0 Å². The molecule has 0 aromatic carbocycles. The maximum Gasteiger partial charge on any atom is 0.413 e. The second-order valence-electron chi connectivity index (χ2n) is 2.29. The summed E-state index contributed by atoms with van der Waals surface area (Å²) in [5.74, 6) is -1.86. The Morgan fingerprint density at radius 2 is 1.93 bits per heavy atom. The van der Waals surface area contributed by atoms with Crippen molar-refractivity contribution in [2.75, 3.05) is 20.8 Å². The smallest absolute Gasteiger partial charge is 0.413 e. The highest BCUT2D eigenvalue weighted by molar-refractivity contribution is 6.22. The highest BCUT2D eigenvalue weighted by Gasteiger charge is 2.20. The van der Waals surface area contributed by atoms with E-state index in [0.717, 1.165) is 13.4 Å². The summed E-state index contributed by atoms with van der Waals surface area (Å²) in [6.07, 6.45) is -0.177. The number of aliphatic hydroxyl groups excluding tert-OH is 1. The van der Waals surface area contributed by atoms with Crippen LogP contribution in [0.15, 0.2) is 11.8 Å². The molecule has 0 aliphatic carbocycles. The van der Waals surface area contributed by atoms with Crippen molar-refractivity contribution in [1.82, 2.24) is 5.32 Å². The van der Waals surface area contributed by atoms with E-state index in [1.807, 2.05) is 0 Å². The third-order valence-corrected chi connectivity index (χ3v) is 1.33. The van der Waals surface area contributed by atoms with Gasteiger partial charge in [-0.05, 0) is 0 Å². The minimum Gasteiger partial charge on any atom is -0.503 e. The van der Waals surface area contributed by atoms with Crippen molar-refractivity contribution in [2.24, 2.45) is 0 Å². The second kappa shape index (κ2) is 6.55. The summed E-state index contributed by atoms with van der Waals surface area (Å²) in [5, 5.41) is 10.3. The van der Waals surface area contributed by atoms with Crippen LogP contribution < -0.4 is 5.32 Å². The van der Waals surface area contributed by atoms with Crippen molar-refractivity contribution in [3.05, 3.63) is 11.8 Å². The highest BCUT2D eigenvalue weighted by atomic mass is 16.5. The molecule has 84 valence electrons. The zero-order chi connectivity index (χ0) is 11.8. The van der Waals surface area contributed by atoms with Crippen LogP contribution in [-0.2, 0) is 19.1 Å². The van der Waals surface area contributed by atoms with Crippen LogP contribution in [0.4, 0.5) is 4.79 Å². The van der Waals surface area contributed by atoms with Crippen molar-refractivity contribution in [3.8, 4) is 0 Å². The van der Waals surface area contributed by atoms with Crippen LogP contribution in [0.5, 0.6) is 0 Å². The van der Waals surface area contributed by atoms with E-state index < -0.39 is 30.0 Å². The fourth-order valence-electron chi connectivity index (χ4n) is 0.660. The monoisotopic (exact) mass is 217 g/mol. The zero-order valence-electron chi connectivity index (χ0n) is 8.27. The van der Waals surface area contributed by atoms with E-state index in [1.165, 1.54) is 7.11 Å². The van der Waals surface area contributed by atoms with Gasteiger partial charge >= 0.3 is 6.09 Å². The van der Waals surface area contributed by atoms with Crippen molar-refractivity contribution in [2.45, 2.75) is 0 Å². The lowest BCUT2D eigenvalue weighted by Gasteiger charge is -2.04. The van der Waals surface area contributed by atoms with E-state index in [2.05, 4.69) is 9.47 Å². The number of rotatable bonds is 4. The molecular formula is C8H11NO6. The summed E-state index contributed by atoms with van der Waals surface area (Å²) < 4.78 is 8.61. The van der Waals surface area contributed by atoms with Crippen molar-refractivity contribution >= 4 is 17.8 Å².